The zero-order valence-corrected chi connectivity index (χ0v) is 13.4. The van der Waals surface area contributed by atoms with Gasteiger partial charge in [0.2, 0.25) is 0 Å². The average molecular weight is 311 g/mol. The first-order valence-corrected chi connectivity index (χ1v) is 7.89. The SMILES string of the molecule is CC(C)n1cc([C@@H]2CN(c3cccc(C#N)n3)C[C@H]2CO)cn1. The van der Waals surface area contributed by atoms with E-state index in [-0.39, 0.29) is 18.4 Å². The molecule has 1 fully saturated rings. The number of hydrogen-bond acceptors (Lipinski definition) is 5. The second-order valence-corrected chi connectivity index (χ2v) is 6.29. The van der Waals surface area contributed by atoms with Crippen molar-refractivity contribution in [1.29, 1.82) is 5.26 Å². The maximum Gasteiger partial charge on any atom is 0.142 e. The Morgan fingerprint density at radius 1 is 1.39 bits per heavy atom. The summed E-state index contributed by atoms with van der Waals surface area (Å²) in [6.45, 7) is 5.83. The maximum atomic E-state index is 9.75. The molecule has 1 aliphatic rings. The Hall–Kier alpha value is -2.39. The molecule has 3 heterocycles. The number of hydrogen-bond donors (Lipinski definition) is 1. The van der Waals surface area contributed by atoms with Crippen LogP contribution in [0.4, 0.5) is 5.82 Å². The topological polar surface area (TPSA) is 78.0 Å². The first-order valence-electron chi connectivity index (χ1n) is 7.89. The van der Waals surface area contributed by atoms with E-state index in [4.69, 9.17) is 5.26 Å². The fraction of sp³-hybridized carbons (Fsp3) is 0.471. The van der Waals surface area contributed by atoms with E-state index in [1.165, 1.54) is 0 Å². The van der Waals surface area contributed by atoms with Gasteiger partial charge in [-0.15, -0.1) is 0 Å². The van der Waals surface area contributed by atoms with E-state index in [0.29, 0.717) is 11.7 Å². The number of aromatic nitrogens is 3. The molecule has 1 aliphatic heterocycles. The predicted octanol–water partition coefficient (Wildman–Crippen LogP) is 1.94. The smallest absolute Gasteiger partial charge is 0.142 e. The number of aliphatic hydroxyl groups excluding tert-OH is 1. The van der Waals surface area contributed by atoms with E-state index in [9.17, 15) is 5.11 Å². The van der Waals surface area contributed by atoms with Gasteiger partial charge in [-0.3, -0.25) is 4.68 Å². The molecule has 6 heteroatoms. The van der Waals surface area contributed by atoms with Crippen LogP contribution in [0.2, 0.25) is 0 Å². The van der Waals surface area contributed by atoms with Crippen LogP contribution in [0.3, 0.4) is 0 Å². The number of rotatable bonds is 4. The zero-order valence-electron chi connectivity index (χ0n) is 13.4. The Kier molecular flexibility index (Phi) is 4.30. The number of nitriles is 1. The molecule has 0 aromatic carbocycles. The van der Waals surface area contributed by atoms with Gasteiger partial charge in [0.05, 0.1) is 6.20 Å². The summed E-state index contributed by atoms with van der Waals surface area (Å²) in [5.41, 5.74) is 1.57. The third-order valence-electron chi connectivity index (χ3n) is 4.43. The molecule has 0 aliphatic carbocycles. The second-order valence-electron chi connectivity index (χ2n) is 6.29. The molecule has 2 aromatic heterocycles. The van der Waals surface area contributed by atoms with Crippen molar-refractivity contribution < 1.29 is 5.11 Å². The van der Waals surface area contributed by atoms with Gasteiger partial charge in [0.25, 0.3) is 0 Å². The van der Waals surface area contributed by atoms with Gasteiger partial charge >= 0.3 is 0 Å². The summed E-state index contributed by atoms with van der Waals surface area (Å²) in [7, 11) is 0. The van der Waals surface area contributed by atoms with Gasteiger partial charge in [-0.1, -0.05) is 6.07 Å². The number of pyridine rings is 1. The Bertz CT molecular complexity index is 718. The standard InChI is InChI=1S/C17H21N5O/c1-12(2)22-9-13(7-19-22)16-10-21(8-14(16)11-23)17-5-3-4-15(6-18)20-17/h3-5,7,9,12,14,16,23H,8,10-11H2,1-2H3/t14-,16-/m0/s1. The molecule has 0 radical (unpaired) electrons. The fourth-order valence-electron chi connectivity index (χ4n) is 3.11. The number of nitrogens with zero attached hydrogens (tertiary/aromatic N) is 5. The van der Waals surface area contributed by atoms with Gasteiger partial charge in [0.1, 0.15) is 17.6 Å². The third kappa shape index (κ3) is 3.06. The minimum absolute atomic E-state index is 0.131. The number of aliphatic hydroxyl groups is 1. The van der Waals surface area contributed by atoms with E-state index in [2.05, 4.69) is 41.1 Å². The molecule has 0 bridgehead atoms. The van der Waals surface area contributed by atoms with Crippen molar-refractivity contribution in [3.05, 3.63) is 41.9 Å². The quantitative estimate of drug-likeness (QED) is 0.933. The van der Waals surface area contributed by atoms with Gasteiger partial charge in [0, 0.05) is 43.8 Å². The lowest BCUT2D eigenvalue weighted by Crippen LogP contribution is -2.21. The van der Waals surface area contributed by atoms with Crippen molar-refractivity contribution in [2.24, 2.45) is 5.92 Å². The van der Waals surface area contributed by atoms with Gasteiger partial charge in [-0.05, 0) is 31.5 Å². The Morgan fingerprint density at radius 3 is 2.87 bits per heavy atom. The molecule has 0 amide bonds. The maximum absolute atomic E-state index is 9.75. The van der Waals surface area contributed by atoms with Crippen molar-refractivity contribution in [1.82, 2.24) is 14.8 Å². The van der Waals surface area contributed by atoms with E-state index in [1.807, 2.05) is 23.0 Å². The van der Waals surface area contributed by atoms with Crippen molar-refractivity contribution in [3.8, 4) is 6.07 Å². The molecular weight excluding hydrogens is 290 g/mol. The first kappa shape index (κ1) is 15.5. The molecule has 2 atom stereocenters. The highest BCUT2D eigenvalue weighted by atomic mass is 16.3. The zero-order chi connectivity index (χ0) is 16.4. The second kappa shape index (κ2) is 6.39. The van der Waals surface area contributed by atoms with Gasteiger partial charge in [-0.25, -0.2) is 4.98 Å². The van der Waals surface area contributed by atoms with Crippen molar-refractivity contribution in [2.75, 3.05) is 24.6 Å². The summed E-state index contributed by atoms with van der Waals surface area (Å²) in [5, 5.41) is 23.2. The van der Waals surface area contributed by atoms with Gasteiger partial charge in [-0.2, -0.15) is 10.4 Å². The normalized spacial score (nSPS) is 20.9. The highest BCUT2D eigenvalue weighted by Crippen LogP contribution is 2.34. The lowest BCUT2D eigenvalue weighted by molar-refractivity contribution is 0.227. The van der Waals surface area contributed by atoms with Gasteiger partial charge in [0.15, 0.2) is 0 Å². The first-order chi connectivity index (χ1) is 11.1. The largest absolute Gasteiger partial charge is 0.396 e. The van der Waals surface area contributed by atoms with Crippen LogP contribution in [0.25, 0.3) is 0 Å². The van der Waals surface area contributed by atoms with Crippen LogP contribution in [0.15, 0.2) is 30.6 Å². The van der Waals surface area contributed by atoms with Gasteiger partial charge < -0.3 is 10.0 Å². The summed E-state index contributed by atoms with van der Waals surface area (Å²) < 4.78 is 1.95. The molecule has 120 valence electrons. The fourth-order valence-corrected chi connectivity index (χ4v) is 3.11. The molecule has 2 aromatic rings. The van der Waals surface area contributed by atoms with Crippen LogP contribution < -0.4 is 4.90 Å². The Balaban J connectivity index is 1.83. The van der Waals surface area contributed by atoms with Crippen molar-refractivity contribution in [3.63, 3.8) is 0 Å². The van der Waals surface area contributed by atoms with Crippen LogP contribution in [-0.2, 0) is 0 Å². The lowest BCUT2D eigenvalue weighted by Gasteiger charge is -2.17. The summed E-state index contributed by atoms with van der Waals surface area (Å²) in [6, 6.07) is 7.86. The molecule has 0 unspecified atom stereocenters. The average Bonchev–Trinajstić information content (AvgIpc) is 3.21. The van der Waals surface area contributed by atoms with Crippen molar-refractivity contribution >= 4 is 5.82 Å². The molecule has 0 saturated carbocycles. The van der Waals surface area contributed by atoms with Crippen molar-refractivity contribution in [2.45, 2.75) is 25.8 Å². The molecule has 6 nitrogen and oxygen atoms in total. The number of anilines is 1. The van der Waals surface area contributed by atoms with Crippen LogP contribution >= 0.6 is 0 Å². The van der Waals surface area contributed by atoms with E-state index in [0.717, 1.165) is 24.5 Å². The molecule has 1 saturated heterocycles. The summed E-state index contributed by atoms with van der Waals surface area (Å²) in [5.74, 6) is 1.16. The summed E-state index contributed by atoms with van der Waals surface area (Å²) in [6.07, 6.45) is 3.97. The summed E-state index contributed by atoms with van der Waals surface area (Å²) in [4.78, 5) is 6.50. The predicted molar refractivity (Wildman–Crippen MR) is 87.1 cm³/mol. The van der Waals surface area contributed by atoms with Crippen LogP contribution in [0.1, 0.15) is 37.1 Å². The summed E-state index contributed by atoms with van der Waals surface area (Å²) >= 11 is 0. The molecule has 1 N–H and O–H groups in total. The molecule has 23 heavy (non-hydrogen) atoms. The third-order valence-corrected chi connectivity index (χ3v) is 4.43. The monoisotopic (exact) mass is 311 g/mol. The van der Waals surface area contributed by atoms with Crippen LogP contribution in [0, 0.1) is 17.2 Å². The van der Waals surface area contributed by atoms with Crippen LogP contribution in [0.5, 0.6) is 0 Å². The molecule has 0 spiro atoms. The van der Waals surface area contributed by atoms with E-state index < -0.39 is 0 Å². The lowest BCUT2D eigenvalue weighted by atomic mass is 9.92. The Morgan fingerprint density at radius 2 is 2.22 bits per heavy atom. The molecule has 3 rings (SSSR count). The minimum Gasteiger partial charge on any atom is -0.396 e. The van der Waals surface area contributed by atoms with Crippen LogP contribution in [-0.4, -0.2) is 39.6 Å². The highest BCUT2D eigenvalue weighted by Gasteiger charge is 2.35. The Labute approximate surface area is 136 Å². The molecular formula is C17H21N5O. The minimum atomic E-state index is 0.131. The van der Waals surface area contributed by atoms with E-state index in [1.54, 1.807) is 6.07 Å². The van der Waals surface area contributed by atoms with E-state index >= 15 is 0 Å². The highest BCUT2D eigenvalue weighted by molar-refractivity contribution is 5.44.